The molecule has 0 unspecified atom stereocenters. The number of fused-ring (bicyclic) bond motifs is 3. The first kappa shape index (κ1) is 16.4. The maximum atomic E-state index is 2.36. The third kappa shape index (κ3) is 2.67. The van der Waals surface area contributed by atoms with E-state index in [9.17, 15) is 0 Å². The molecule has 0 aliphatic carbocycles. The Morgan fingerprint density at radius 3 is 2.12 bits per heavy atom. The van der Waals surface area contributed by atoms with E-state index in [4.69, 9.17) is 0 Å². The molecule has 25 heavy (non-hydrogen) atoms. The van der Waals surface area contributed by atoms with Crippen molar-refractivity contribution in [1.29, 1.82) is 0 Å². The monoisotopic (exact) mass is 344 g/mol. The second-order valence-electron chi connectivity index (χ2n) is 8.02. The van der Waals surface area contributed by atoms with Gasteiger partial charge < -0.3 is 0 Å². The molecule has 0 bridgehead atoms. The Hall–Kier alpha value is -2.12. The average molecular weight is 345 g/mol. The number of hydrogen-bond acceptors (Lipinski definition) is 1. The fourth-order valence-electron chi connectivity index (χ4n) is 3.61. The van der Waals surface area contributed by atoms with Crippen LogP contribution in [0.1, 0.15) is 37.5 Å². The van der Waals surface area contributed by atoms with Gasteiger partial charge in [0.25, 0.3) is 0 Å². The van der Waals surface area contributed by atoms with Crippen LogP contribution in [-0.2, 0) is 5.41 Å². The smallest absolute Gasteiger partial charge is 0.0436 e. The molecule has 126 valence electrons. The highest BCUT2D eigenvalue weighted by molar-refractivity contribution is 7.26. The largest absolute Gasteiger partial charge is 0.135 e. The van der Waals surface area contributed by atoms with Gasteiger partial charge in [-0.3, -0.25) is 0 Å². The maximum Gasteiger partial charge on any atom is 0.0436 e. The van der Waals surface area contributed by atoms with Crippen molar-refractivity contribution < 1.29 is 0 Å². The van der Waals surface area contributed by atoms with Crippen molar-refractivity contribution in [2.24, 2.45) is 0 Å². The predicted octanol–water partition coefficient (Wildman–Crippen LogP) is 7.64. The van der Waals surface area contributed by atoms with Crippen LogP contribution in [0, 0.1) is 13.8 Å². The summed E-state index contributed by atoms with van der Waals surface area (Å²) in [6, 6.07) is 20.2. The number of thiophene rings is 1. The summed E-state index contributed by atoms with van der Waals surface area (Å²) in [5.74, 6) is 0. The van der Waals surface area contributed by atoms with Gasteiger partial charge in [0.2, 0.25) is 0 Å². The van der Waals surface area contributed by atoms with Crippen LogP contribution >= 0.6 is 11.3 Å². The molecule has 0 saturated carbocycles. The molecule has 4 rings (SSSR count). The second-order valence-corrected chi connectivity index (χ2v) is 9.07. The van der Waals surface area contributed by atoms with E-state index < -0.39 is 0 Å². The summed E-state index contributed by atoms with van der Waals surface area (Å²) >= 11 is 1.94. The van der Waals surface area contributed by atoms with Crippen LogP contribution in [0.15, 0.2) is 54.6 Å². The van der Waals surface area contributed by atoms with Crippen LogP contribution in [0.3, 0.4) is 0 Å². The van der Waals surface area contributed by atoms with Gasteiger partial charge in [-0.2, -0.15) is 0 Å². The molecule has 0 aliphatic heterocycles. The first-order valence-corrected chi connectivity index (χ1v) is 9.70. The topological polar surface area (TPSA) is 0 Å². The fourth-order valence-corrected chi connectivity index (χ4v) is 4.96. The van der Waals surface area contributed by atoms with E-state index in [0.29, 0.717) is 0 Å². The first-order valence-electron chi connectivity index (χ1n) is 8.88. The number of benzene rings is 3. The minimum atomic E-state index is 0.112. The van der Waals surface area contributed by atoms with Crippen molar-refractivity contribution in [3.63, 3.8) is 0 Å². The second kappa shape index (κ2) is 5.71. The molecular formula is C24H24S. The molecule has 1 heterocycles. The van der Waals surface area contributed by atoms with Crippen LogP contribution in [0.25, 0.3) is 31.3 Å². The van der Waals surface area contributed by atoms with E-state index in [1.807, 2.05) is 11.3 Å². The van der Waals surface area contributed by atoms with Crippen molar-refractivity contribution in [3.05, 3.63) is 71.3 Å². The molecular weight excluding hydrogens is 320 g/mol. The minimum Gasteiger partial charge on any atom is -0.135 e. The summed E-state index contributed by atoms with van der Waals surface area (Å²) in [6.45, 7) is 11.3. The van der Waals surface area contributed by atoms with Gasteiger partial charge in [0.1, 0.15) is 0 Å². The quantitative estimate of drug-likeness (QED) is 0.333. The summed E-state index contributed by atoms with van der Waals surface area (Å²) in [7, 11) is 0. The summed E-state index contributed by atoms with van der Waals surface area (Å²) in [6.07, 6.45) is 0. The zero-order valence-electron chi connectivity index (χ0n) is 15.6. The SMILES string of the molecule is Cc1cc2sc3c(-c4ccccc4)c(C(C)(C)C)ccc3c2cc1C. The standard InChI is InChI=1S/C24H24S/c1-15-13-19-18-11-12-20(24(3,4)5)22(17-9-7-6-8-10-17)23(18)25-21(19)14-16(15)2/h6-14H,1-5H3. The maximum absolute atomic E-state index is 2.36. The van der Waals surface area contributed by atoms with Gasteiger partial charge in [0.05, 0.1) is 0 Å². The Morgan fingerprint density at radius 2 is 1.44 bits per heavy atom. The number of rotatable bonds is 1. The molecule has 0 N–H and O–H groups in total. The van der Waals surface area contributed by atoms with Gasteiger partial charge in [-0.25, -0.2) is 0 Å². The third-order valence-electron chi connectivity index (χ3n) is 5.13. The lowest BCUT2D eigenvalue weighted by atomic mass is 9.81. The van der Waals surface area contributed by atoms with E-state index in [1.54, 1.807) is 0 Å². The summed E-state index contributed by atoms with van der Waals surface area (Å²) in [4.78, 5) is 0. The van der Waals surface area contributed by atoms with E-state index in [2.05, 4.69) is 89.2 Å². The van der Waals surface area contributed by atoms with Crippen LogP contribution in [0.5, 0.6) is 0 Å². The normalized spacial score (nSPS) is 12.2. The van der Waals surface area contributed by atoms with Crippen LogP contribution in [0.4, 0.5) is 0 Å². The molecule has 0 aliphatic rings. The van der Waals surface area contributed by atoms with Crippen molar-refractivity contribution in [2.45, 2.75) is 40.0 Å². The zero-order valence-corrected chi connectivity index (χ0v) is 16.4. The van der Waals surface area contributed by atoms with Gasteiger partial charge in [0.15, 0.2) is 0 Å². The third-order valence-corrected chi connectivity index (χ3v) is 6.31. The Morgan fingerprint density at radius 1 is 0.760 bits per heavy atom. The highest BCUT2D eigenvalue weighted by Crippen LogP contribution is 2.45. The Kier molecular flexibility index (Phi) is 3.73. The lowest BCUT2D eigenvalue weighted by Gasteiger charge is -2.24. The van der Waals surface area contributed by atoms with Crippen molar-refractivity contribution in [3.8, 4) is 11.1 Å². The molecule has 0 radical (unpaired) electrons. The summed E-state index contributed by atoms with van der Waals surface area (Å²) in [5, 5.41) is 2.77. The molecule has 3 aromatic carbocycles. The lowest BCUT2D eigenvalue weighted by molar-refractivity contribution is 0.593. The van der Waals surface area contributed by atoms with Crippen molar-refractivity contribution in [1.82, 2.24) is 0 Å². The van der Waals surface area contributed by atoms with Gasteiger partial charge >= 0.3 is 0 Å². The lowest BCUT2D eigenvalue weighted by Crippen LogP contribution is -2.12. The van der Waals surface area contributed by atoms with Gasteiger partial charge in [0, 0.05) is 25.7 Å². The van der Waals surface area contributed by atoms with Gasteiger partial charge in [-0.05, 0) is 53.6 Å². The Labute approximate surface area is 154 Å². The Balaban J connectivity index is 2.17. The first-order chi connectivity index (χ1) is 11.9. The van der Waals surface area contributed by atoms with E-state index in [1.165, 1.54) is 48.0 Å². The van der Waals surface area contributed by atoms with E-state index in [0.717, 1.165) is 0 Å². The molecule has 1 aromatic heterocycles. The fraction of sp³-hybridized carbons (Fsp3) is 0.250. The highest BCUT2D eigenvalue weighted by Gasteiger charge is 2.22. The van der Waals surface area contributed by atoms with E-state index >= 15 is 0 Å². The molecule has 0 amide bonds. The summed E-state index contributed by atoms with van der Waals surface area (Å²) in [5.41, 5.74) is 7.00. The summed E-state index contributed by atoms with van der Waals surface area (Å²) < 4.78 is 2.81. The van der Waals surface area contributed by atoms with Crippen LogP contribution in [-0.4, -0.2) is 0 Å². The number of hydrogen-bond donors (Lipinski definition) is 0. The highest BCUT2D eigenvalue weighted by atomic mass is 32.1. The molecule has 0 fully saturated rings. The number of aryl methyl sites for hydroxylation is 2. The Bertz CT molecular complexity index is 1080. The van der Waals surface area contributed by atoms with Crippen molar-refractivity contribution in [2.75, 3.05) is 0 Å². The van der Waals surface area contributed by atoms with Gasteiger partial charge in [-0.15, -0.1) is 11.3 Å². The molecule has 4 aromatic rings. The molecule has 1 heteroatoms. The van der Waals surface area contributed by atoms with E-state index in [-0.39, 0.29) is 5.41 Å². The van der Waals surface area contributed by atoms with Crippen LogP contribution < -0.4 is 0 Å². The van der Waals surface area contributed by atoms with Crippen molar-refractivity contribution >= 4 is 31.5 Å². The molecule has 0 spiro atoms. The molecule has 0 atom stereocenters. The molecule has 0 saturated heterocycles. The average Bonchev–Trinajstić information content (AvgIpc) is 2.92. The van der Waals surface area contributed by atoms with Gasteiger partial charge in [-0.1, -0.05) is 63.2 Å². The minimum absolute atomic E-state index is 0.112. The zero-order chi connectivity index (χ0) is 17.8. The molecule has 0 nitrogen and oxygen atoms in total. The van der Waals surface area contributed by atoms with Crippen LogP contribution in [0.2, 0.25) is 0 Å². The predicted molar refractivity (Wildman–Crippen MR) is 113 cm³/mol.